The van der Waals surface area contributed by atoms with Gasteiger partial charge in [-0.15, -0.1) is 10.8 Å². The number of aliphatic carboxylic acids is 1. The highest BCUT2D eigenvalue weighted by molar-refractivity contribution is 8.22. The van der Waals surface area contributed by atoms with Crippen LogP contribution in [0.5, 0.6) is 0 Å². The van der Waals surface area contributed by atoms with Crippen LogP contribution in [0.1, 0.15) is 12.0 Å². The molecule has 0 radical (unpaired) electrons. The van der Waals surface area contributed by atoms with Gasteiger partial charge in [-0.3, -0.25) is 13.9 Å². The molecule has 5 N–H and O–H groups in total. The first-order chi connectivity index (χ1) is 8.31. The lowest BCUT2D eigenvalue weighted by atomic mass is 10.2. The fourth-order valence-corrected chi connectivity index (χ4v) is 2.40. The maximum atomic E-state index is 10.3. The topological polar surface area (TPSA) is 110 Å². The lowest BCUT2D eigenvalue weighted by Gasteiger charge is -2.33. The van der Waals surface area contributed by atoms with Crippen molar-refractivity contribution in [2.45, 2.75) is 24.3 Å². The van der Waals surface area contributed by atoms with Crippen LogP contribution in [-0.4, -0.2) is 37.9 Å². The molecular weight excluding hydrogens is 258 g/mol. The quantitative estimate of drug-likeness (QED) is 0.537. The summed E-state index contributed by atoms with van der Waals surface area (Å²) in [6.07, 6.45) is -1.62. The fourth-order valence-electron chi connectivity index (χ4n) is 1.30. The Bertz CT molecular complexity index is 406. The van der Waals surface area contributed by atoms with Crippen LogP contribution in [0.2, 0.25) is 0 Å². The van der Waals surface area contributed by atoms with Crippen LogP contribution in [0.4, 0.5) is 0 Å². The average molecular weight is 275 g/mol. The number of benzene rings is 1. The normalized spacial score (nSPS) is 14.2. The van der Waals surface area contributed by atoms with E-state index in [0.717, 1.165) is 5.56 Å². The maximum absolute atomic E-state index is 10.3. The van der Waals surface area contributed by atoms with Gasteiger partial charge in [-0.25, -0.2) is 4.72 Å². The van der Waals surface area contributed by atoms with Gasteiger partial charge < -0.3 is 10.2 Å². The summed E-state index contributed by atoms with van der Waals surface area (Å²) in [5, 5.41) is 17.8. The van der Waals surface area contributed by atoms with Gasteiger partial charge >= 0.3 is 5.97 Å². The summed E-state index contributed by atoms with van der Waals surface area (Å²) in [6.45, 7) is 1.67. The smallest absolute Gasteiger partial charge is 0.306 e. The SMILES string of the molecule is Cc1ccc(S(O)(O)NCC(O)CC(=O)O)cc1. The zero-order chi connectivity index (χ0) is 13.8. The first kappa shape index (κ1) is 14.9. The van der Waals surface area contributed by atoms with E-state index in [-0.39, 0.29) is 6.54 Å². The molecule has 102 valence electrons. The fraction of sp³-hybridized carbons (Fsp3) is 0.364. The standard InChI is InChI=1S/C11H17NO5S/c1-8-2-4-10(5-3-8)18(16,17)12-7-9(13)6-11(14)15/h2-5,9,12-13,16-17H,6-7H2,1H3,(H,14,15). The third kappa shape index (κ3) is 4.63. The van der Waals surface area contributed by atoms with E-state index in [1.54, 1.807) is 24.3 Å². The monoisotopic (exact) mass is 275 g/mol. The summed E-state index contributed by atoms with van der Waals surface area (Å²) in [5.74, 6) is -1.14. The molecule has 0 saturated carbocycles. The van der Waals surface area contributed by atoms with E-state index < -0.39 is 29.3 Å². The van der Waals surface area contributed by atoms with Gasteiger partial charge in [-0.1, -0.05) is 17.7 Å². The second kappa shape index (κ2) is 6.17. The molecule has 0 aliphatic heterocycles. The molecule has 1 unspecified atom stereocenters. The number of carboxylic acid groups (broad SMARTS) is 1. The zero-order valence-electron chi connectivity index (χ0n) is 9.91. The van der Waals surface area contributed by atoms with E-state index in [0.29, 0.717) is 4.90 Å². The van der Waals surface area contributed by atoms with E-state index in [2.05, 4.69) is 4.72 Å². The van der Waals surface area contributed by atoms with Crippen LogP contribution in [0, 0.1) is 6.92 Å². The molecule has 1 aromatic rings. The van der Waals surface area contributed by atoms with E-state index in [1.165, 1.54) is 0 Å². The Morgan fingerprint density at radius 3 is 2.39 bits per heavy atom. The summed E-state index contributed by atoms with van der Waals surface area (Å²) >= 11 is 0. The van der Waals surface area contributed by atoms with Crippen LogP contribution in [0.3, 0.4) is 0 Å². The van der Waals surface area contributed by atoms with Gasteiger partial charge in [-0.05, 0) is 19.1 Å². The first-order valence-corrected chi connectivity index (χ1v) is 6.85. The molecule has 1 atom stereocenters. The Kier molecular flexibility index (Phi) is 5.12. The molecule has 0 fully saturated rings. The summed E-state index contributed by atoms with van der Waals surface area (Å²) in [7, 11) is -3.21. The van der Waals surface area contributed by atoms with Crippen LogP contribution in [0.15, 0.2) is 29.2 Å². The van der Waals surface area contributed by atoms with E-state index in [1.807, 2.05) is 6.92 Å². The molecule has 0 aromatic heterocycles. The number of carboxylic acids is 1. The number of aliphatic hydroxyl groups is 1. The van der Waals surface area contributed by atoms with Gasteiger partial charge in [0.1, 0.15) is 0 Å². The van der Waals surface area contributed by atoms with Gasteiger partial charge in [0, 0.05) is 6.54 Å². The van der Waals surface area contributed by atoms with Crippen LogP contribution < -0.4 is 4.72 Å². The molecule has 0 heterocycles. The highest BCUT2D eigenvalue weighted by Crippen LogP contribution is 2.43. The van der Waals surface area contributed by atoms with E-state index >= 15 is 0 Å². The second-order valence-electron chi connectivity index (χ2n) is 3.96. The third-order valence-corrected chi connectivity index (χ3v) is 3.78. The number of rotatable bonds is 6. The van der Waals surface area contributed by atoms with Crippen molar-refractivity contribution in [3.8, 4) is 0 Å². The van der Waals surface area contributed by atoms with Crippen LogP contribution >= 0.6 is 10.8 Å². The molecule has 0 spiro atoms. The molecule has 0 aliphatic rings. The maximum Gasteiger partial charge on any atom is 0.306 e. The molecule has 0 amide bonds. The predicted octanol–water partition coefficient (Wildman–Crippen LogP) is 1.44. The third-order valence-electron chi connectivity index (χ3n) is 2.28. The number of hydrogen-bond donors (Lipinski definition) is 5. The second-order valence-corrected chi connectivity index (χ2v) is 5.82. The van der Waals surface area contributed by atoms with Crippen LogP contribution in [-0.2, 0) is 4.79 Å². The number of hydrogen-bond acceptors (Lipinski definition) is 5. The molecule has 1 aromatic carbocycles. The highest BCUT2D eigenvalue weighted by Gasteiger charge is 2.17. The molecule has 0 saturated heterocycles. The van der Waals surface area contributed by atoms with Crippen molar-refractivity contribution in [3.05, 3.63) is 29.8 Å². The molecule has 0 aliphatic carbocycles. The summed E-state index contributed by atoms with van der Waals surface area (Å²) in [6, 6.07) is 6.61. The molecular formula is C11H17NO5S. The van der Waals surface area contributed by atoms with Crippen molar-refractivity contribution >= 4 is 16.7 Å². The van der Waals surface area contributed by atoms with Crippen molar-refractivity contribution in [2.24, 2.45) is 0 Å². The number of carbonyl (C=O) groups is 1. The molecule has 0 bridgehead atoms. The minimum atomic E-state index is -3.21. The Hall–Kier alpha value is -1.12. The summed E-state index contributed by atoms with van der Waals surface area (Å²) in [4.78, 5) is 10.6. The molecule has 6 nitrogen and oxygen atoms in total. The van der Waals surface area contributed by atoms with Gasteiger partial charge in [0.15, 0.2) is 0 Å². The van der Waals surface area contributed by atoms with Crippen molar-refractivity contribution in [1.29, 1.82) is 0 Å². The Morgan fingerprint density at radius 2 is 1.89 bits per heavy atom. The minimum absolute atomic E-state index is 0.206. The van der Waals surface area contributed by atoms with Crippen molar-refractivity contribution in [2.75, 3.05) is 6.54 Å². The highest BCUT2D eigenvalue weighted by atomic mass is 32.3. The van der Waals surface area contributed by atoms with Crippen molar-refractivity contribution in [3.63, 3.8) is 0 Å². The Labute approximate surface area is 107 Å². The van der Waals surface area contributed by atoms with Crippen LogP contribution in [0.25, 0.3) is 0 Å². The van der Waals surface area contributed by atoms with E-state index in [4.69, 9.17) is 5.11 Å². The van der Waals surface area contributed by atoms with Gasteiger partial charge in [0.05, 0.1) is 17.4 Å². The molecule has 7 heteroatoms. The summed E-state index contributed by atoms with van der Waals surface area (Å²) < 4.78 is 22.0. The van der Waals surface area contributed by atoms with Crippen molar-refractivity contribution in [1.82, 2.24) is 4.72 Å². The van der Waals surface area contributed by atoms with Crippen molar-refractivity contribution < 1.29 is 24.1 Å². The first-order valence-electron chi connectivity index (χ1n) is 5.30. The van der Waals surface area contributed by atoms with Gasteiger partial charge in [-0.2, -0.15) is 0 Å². The average Bonchev–Trinajstić information content (AvgIpc) is 2.26. The van der Waals surface area contributed by atoms with Gasteiger partial charge in [0.25, 0.3) is 0 Å². The molecule has 18 heavy (non-hydrogen) atoms. The zero-order valence-corrected chi connectivity index (χ0v) is 10.7. The van der Waals surface area contributed by atoms with Gasteiger partial charge in [0.2, 0.25) is 0 Å². The number of aryl methyl sites for hydroxylation is 1. The lowest BCUT2D eigenvalue weighted by molar-refractivity contribution is -0.139. The minimum Gasteiger partial charge on any atom is -0.481 e. The molecule has 1 rings (SSSR count). The number of aliphatic hydroxyl groups excluding tert-OH is 1. The Balaban J connectivity index is 2.59. The predicted molar refractivity (Wildman–Crippen MR) is 68.6 cm³/mol. The summed E-state index contributed by atoms with van der Waals surface area (Å²) in [5.41, 5.74) is 0.986. The largest absolute Gasteiger partial charge is 0.481 e. The lowest BCUT2D eigenvalue weighted by Crippen LogP contribution is -2.31. The Morgan fingerprint density at radius 1 is 1.33 bits per heavy atom. The van der Waals surface area contributed by atoms with E-state index in [9.17, 15) is 19.0 Å². The number of nitrogens with one attached hydrogen (secondary N) is 1.